The van der Waals surface area contributed by atoms with Crippen LogP contribution >= 0.6 is 0 Å². The maximum atomic E-state index is 14.2. The zero-order valence-corrected chi connectivity index (χ0v) is 14.7. The molecule has 0 aromatic carbocycles. The van der Waals surface area contributed by atoms with Crippen molar-refractivity contribution in [1.29, 1.82) is 0 Å². The highest BCUT2D eigenvalue weighted by Crippen LogP contribution is 2.23. The second-order valence-corrected chi connectivity index (χ2v) is 7.02. The van der Waals surface area contributed by atoms with E-state index in [-0.39, 0.29) is 31.9 Å². The second kappa shape index (κ2) is 7.29. The van der Waals surface area contributed by atoms with Gasteiger partial charge >= 0.3 is 12.1 Å². The van der Waals surface area contributed by atoms with Gasteiger partial charge in [-0.05, 0) is 41.5 Å². The number of ether oxygens (including phenoxy) is 3. The molecule has 132 valence electrons. The zero-order chi connectivity index (χ0) is 17.8. The Hall–Kier alpha value is -1.63. The molecule has 0 aromatic heterocycles. The average molecular weight is 331 g/mol. The topological polar surface area (TPSA) is 65.1 Å². The number of hydrogen-bond acceptors (Lipinski definition) is 5. The lowest BCUT2D eigenvalue weighted by Crippen LogP contribution is -2.44. The Bertz CT molecular complexity index is 493. The number of carbonyl (C=O) groups excluding carboxylic acids is 2. The van der Waals surface area contributed by atoms with Crippen molar-refractivity contribution in [2.45, 2.75) is 52.7 Å². The van der Waals surface area contributed by atoms with Gasteiger partial charge in [-0.3, -0.25) is 0 Å². The van der Waals surface area contributed by atoms with E-state index in [9.17, 15) is 14.0 Å². The molecule has 0 atom stereocenters. The van der Waals surface area contributed by atoms with E-state index in [0.717, 1.165) is 0 Å². The minimum absolute atomic E-state index is 0.0693. The third-order valence-electron chi connectivity index (χ3n) is 3.01. The summed E-state index contributed by atoms with van der Waals surface area (Å²) in [6.07, 6.45) is -0.578. The Balaban J connectivity index is 3.03. The molecule has 0 unspecified atom stereocenters. The molecule has 0 radical (unpaired) electrons. The monoisotopic (exact) mass is 331 g/mol. The third-order valence-corrected chi connectivity index (χ3v) is 3.01. The van der Waals surface area contributed by atoms with E-state index in [1.165, 1.54) is 4.90 Å². The minimum atomic E-state index is -1.05. The first-order chi connectivity index (χ1) is 10.4. The standard InChI is InChI=1S/C16H26FNO5/c1-7-21-13(19)12(17)11-8-18(10-16(5,6)22-9-11)14(20)23-15(2,3)4/h7-10H2,1-6H3. The van der Waals surface area contributed by atoms with Gasteiger partial charge in [-0.25, -0.2) is 9.59 Å². The van der Waals surface area contributed by atoms with E-state index in [1.807, 2.05) is 0 Å². The van der Waals surface area contributed by atoms with E-state index in [2.05, 4.69) is 4.74 Å². The lowest BCUT2D eigenvalue weighted by Gasteiger charge is -2.30. The summed E-state index contributed by atoms with van der Waals surface area (Å²) in [5.74, 6) is -2.06. The van der Waals surface area contributed by atoms with Crippen molar-refractivity contribution in [2.75, 3.05) is 26.3 Å². The quantitative estimate of drug-likeness (QED) is 0.575. The van der Waals surface area contributed by atoms with Gasteiger partial charge in [0.25, 0.3) is 0 Å². The molecule has 23 heavy (non-hydrogen) atoms. The third kappa shape index (κ3) is 6.17. The van der Waals surface area contributed by atoms with Gasteiger partial charge in [0.2, 0.25) is 5.83 Å². The largest absolute Gasteiger partial charge is 0.461 e. The Kier molecular flexibility index (Phi) is 6.16. The Labute approximate surface area is 136 Å². The van der Waals surface area contributed by atoms with Gasteiger partial charge in [0, 0.05) is 5.57 Å². The normalized spacial score (nSPS) is 20.6. The van der Waals surface area contributed by atoms with Crippen LogP contribution < -0.4 is 0 Å². The van der Waals surface area contributed by atoms with Crippen molar-refractivity contribution >= 4 is 12.1 Å². The maximum absolute atomic E-state index is 14.2. The second-order valence-electron chi connectivity index (χ2n) is 7.02. The van der Waals surface area contributed by atoms with Gasteiger partial charge in [-0.15, -0.1) is 0 Å². The zero-order valence-electron chi connectivity index (χ0n) is 14.7. The molecule has 0 N–H and O–H groups in total. The van der Waals surface area contributed by atoms with Crippen molar-refractivity contribution in [1.82, 2.24) is 4.90 Å². The number of rotatable bonds is 2. The van der Waals surface area contributed by atoms with E-state index in [0.29, 0.717) is 0 Å². The summed E-state index contributed by atoms with van der Waals surface area (Å²) in [5.41, 5.74) is -1.29. The molecule has 1 rings (SSSR count). The minimum Gasteiger partial charge on any atom is -0.461 e. The first-order valence-corrected chi connectivity index (χ1v) is 7.61. The molecule has 1 fully saturated rings. The SMILES string of the molecule is CCOC(=O)C(F)=C1COC(C)(C)CN(C(=O)OC(C)(C)C)C1. The molecule has 0 spiro atoms. The van der Waals surface area contributed by atoms with Crippen molar-refractivity contribution < 1.29 is 28.2 Å². The lowest BCUT2D eigenvalue weighted by atomic mass is 10.1. The van der Waals surface area contributed by atoms with Crippen LogP contribution in [0.5, 0.6) is 0 Å². The van der Waals surface area contributed by atoms with E-state index in [1.54, 1.807) is 41.5 Å². The van der Waals surface area contributed by atoms with Gasteiger partial charge in [-0.2, -0.15) is 4.39 Å². The van der Waals surface area contributed by atoms with Gasteiger partial charge < -0.3 is 19.1 Å². The Morgan fingerprint density at radius 3 is 2.48 bits per heavy atom. The van der Waals surface area contributed by atoms with Crippen molar-refractivity contribution in [3.63, 3.8) is 0 Å². The van der Waals surface area contributed by atoms with Crippen molar-refractivity contribution in [3.8, 4) is 0 Å². The van der Waals surface area contributed by atoms with Crippen LogP contribution in [-0.4, -0.2) is 54.5 Å². The van der Waals surface area contributed by atoms with Gasteiger partial charge in [-0.1, -0.05) is 0 Å². The van der Waals surface area contributed by atoms with Crippen LogP contribution in [-0.2, 0) is 19.0 Å². The summed E-state index contributed by atoms with van der Waals surface area (Å²) in [6, 6.07) is 0. The summed E-state index contributed by atoms with van der Waals surface area (Å²) in [6.45, 7) is 10.5. The van der Waals surface area contributed by atoms with Crippen LogP contribution in [0.3, 0.4) is 0 Å². The number of carbonyl (C=O) groups is 2. The predicted octanol–water partition coefficient (Wildman–Crippen LogP) is 2.82. The molecule has 1 heterocycles. The number of nitrogens with zero attached hydrogens (tertiary/aromatic N) is 1. The van der Waals surface area contributed by atoms with Crippen LogP contribution in [0.1, 0.15) is 41.5 Å². The lowest BCUT2D eigenvalue weighted by molar-refractivity contribution is -0.140. The van der Waals surface area contributed by atoms with Crippen molar-refractivity contribution in [2.24, 2.45) is 0 Å². The molecular weight excluding hydrogens is 305 g/mol. The molecule has 0 bridgehead atoms. The first kappa shape index (κ1) is 19.4. The summed E-state index contributed by atoms with van der Waals surface area (Å²) in [4.78, 5) is 25.2. The summed E-state index contributed by atoms with van der Waals surface area (Å²) in [7, 11) is 0. The molecule has 1 aliphatic heterocycles. The van der Waals surface area contributed by atoms with Crippen LogP contribution in [0.2, 0.25) is 0 Å². The number of halogens is 1. The Morgan fingerprint density at radius 1 is 1.35 bits per heavy atom. The van der Waals surface area contributed by atoms with E-state index >= 15 is 0 Å². The molecular formula is C16H26FNO5. The maximum Gasteiger partial charge on any atom is 0.410 e. The molecule has 0 saturated carbocycles. The molecule has 1 amide bonds. The molecule has 7 heteroatoms. The smallest absolute Gasteiger partial charge is 0.410 e. The highest BCUT2D eigenvalue weighted by atomic mass is 19.1. The van der Waals surface area contributed by atoms with Gasteiger partial charge in [0.05, 0.1) is 31.9 Å². The van der Waals surface area contributed by atoms with Crippen LogP contribution in [0.15, 0.2) is 11.4 Å². The summed E-state index contributed by atoms with van der Waals surface area (Å²) < 4.78 is 29.8. The number of amides is 1. The van der Waals surface area contributed by atoms with Crippen molar-refractivity contribution in [3.05, 3.63) is 11.4 Å². The van der Waals surface area contributed by atoms with Gasteiger partial charge in [0.15, 0.2) is 0 Å². The van der Waals surface area contributed by atoms with Crippen LogP contribution in [0, 0.1) is 0 Å². The highest BCUT2D eigenvalue weighted by Gasteiger charge is 2.34. The van der Waals surface area contributed by atoms with Gasteiger partial charge in [0.1, 0.15) is 5.60 Å². The van der Waals surface area contributed by atoms with Crippen LogP contribution in [0.25, 0.3) is 0 Å². The molecule has 6 nitrogen and oxygen atoms in total. The van der Waals surface area contributed by atoms with Crippen LogP contribution in [0.4, 0.5) is 9.18 Å². The van der Waals surface area contributed by atoms with E-state index < -0.39 is 29.1 Å². The fourth-order valence-corrected chi connectivity index (χ4v) is 2.05. The van der Waals surface area contributed by atoms with E-state index in [4.69, 9.17) is 9.47 Å². The average Bonchev–Trinajstić information content (AvgIpc) is 2.55. The fourth-order valence-electron chi connectivity index (χ4n) is 2.05. The molecule has 1 saturated heterocycles. The molecule has 1 aliphatic rings. The summed E-state index contributed by atoms with van der Waals surface area (Å²) in [5, 5.41) is 0. The fraction of sp³-hybridized carbons (Fsp3) is 0.750. The predicted molar refractivity (Wildman–Crippen MR) is 82.6 cm³/mol. The molecule has 0 aliphatic carbocycles. The number of esters is 1. The number of hydrogen-bond donors (Lipinski definition) is 0. The first-order valence-electron chi connectivity index (χ1n) is 7.61. The molecule has 0 aromatic rings. The Morgan fingerprint density at radius 2 is 1.96 bits per heavy atom. The highest BCUT2D eigenvalue weighted by molar-refractivity contribution is 5.87. The summed E-state index contributed by atoms with van der Waals surface area (Å²) >= 11 is 0.